The van der Waals surface area contributed by atoms with Crippen LogP contribution in [-0.2, 0) is 11.2 Å². The second-order valence-electron chi connectivity index (χ2n) is 5.26. The average molecular weight is 287 g/mol. The third-order valence-electron chi connectivity index (χ3n) is 3.57. The summed E-state index contributed by atoms with van der Waals surface area (Å²) in [5.74, 6) is -0.393. The van der Waals surface area contributed by atoms with Crippen LogP contribution in [0.3, 0.4) is 0 Å². The molecule has 1 amide bonds. The van der Waals surface area contributed by atoms with Gasteiger partial charge in [-0.1, -0.05) is 29.8 Å². The molecule has 1 unspecified atom stereocenters. The minimum atomic E-state index is -4.70. The SMILES string of the molecule is Cc1cccc(CC(=O)N2CCC(O)(C(F)(F)F)C2)c1. The highest BCUT2D eigenvalue weighted by Gasteiger charge is 2.57. The predicted molar refractivity (Wildman–Crippen MR) is 67.1 cm³/mol. The van der Waals surface area contributed by atoms with Gasteiger partial charge in [0.2, 0.25) is 5.91 Å². The summed E-state index contributed by atoms with van der Waals surface area (Å²) in [6.07, 6.45) is -5.11. The Labute approximate surface area is 115 Å². The zero-order chi connectivity index (χ0) is 15.0. The molecule has 0 spiro atoms. The quantitative estimate of drug-likeness (QED) is 0.904. The first-order valence-corrected chi connectivity index (χ1v) is 6.34. The molecule has 110 valence electrons. The van der Waals surface area contributed by atoms with Crippen LogP contribution in [0.4, 0.5) is 13.2 Å². The van der Waals surface area contributed by atoms with Gasteiger partial charge in [0, 0.05) is 13.0 Å². The fourth-order valence-electron chi connectivity index (χ4n) is 2.35. The summed E-state index contributed by atoms with van der Waals surface area (Å²) in [6.45, 7) is 1.13. The lowest BCUT2D eigenvalue weighted by molar-refractivity contribution is -0.253. The lowest BCUT2D eigenvalue weighted by Gasteiger charge is -2.25. The van der Waals surface area contributed by atoms with E-state index in [-0.39, 0.29) is 13.0 Å². The molecule has 3 nitrogen and oxygen atoms in total. The maximum absolute atomic E-state index is 12.7. The maximum Gasteiger partial charge on any atom is 0.419 e. The van der Waals surface area contributed by atoms with Gasteiger partial charge in [0.05, 0.1) is 13.0 Å². The molecule has 1 aromatic carbocycles. The fourth-order valence-corrected chi connectivity index (χ4v) is 2.35. The largest absolute Gasteiger partial charge is 0.419 e. The average Bonchev–Trinajstić information content (AvgIpc) is 2.73. The maximum atomic E-state index is 12.7. The van der Waals surface area contributed by atoms with Crippen molar-refractivity contribution in [2.45, 2.75) is 31.5 Å². The van der Waals surface area contributed by atoms with Gasteiger partial charge >= 0.3 is 6.18 Å². The summed E-state index contributed by atoms with van der Waals surface area (Å²) in [4.78, 5) is 13.1. The van der Waals surface area contributed by atoms with Crippen molar-refractivity contribution < 1.29 is 23.1 Å². The second-order valence-corrected chi connectivity index (χ2v) is 5.26. The highest BCUT2D eigenvalue weighted by molar-refractivity contribution is 5.79. The number of carbonyl (C=O) groups excluding carboxylic acids is 1. The molecule has 0 saturated carbocycles. The van der Waals surface area contributed by atoms with Gasteiger partial charge in [-0.15, -0.1) is 0 Å². The zero-order valence-electron chi connectivity index (χ0n) is 11.1. The molecule has 1 fully saturated rings. The number of carbonyl (C=O) groups is 1. The predicted octanol–water partition coefficient (Wildman–Crippen LogP) is 2.06. The number of alkyl halides is 3. The van der Waals surface area contributed by atoms with Gasteiger partial charge in [-0.3, -0.25) is 4.79 Å². The van der Waals surface area contributed by atoms with Gasteiger partial charge in [-0.05, 0) is 12.5 Å². The monoisotopic (exact) mass is 287 g/mol. The molecule has 1 heterocycles. The van der Waals surface area contributed by atoms with E-state index in [1.807, 2.05) is 19.1 Å². The molecule has 1 aliphatic rings. The van der Waals surface area contributed by atoms with Crippen LogP contribution in [0.15, 0.2) is 24.3 Å². The minimum Gasteiger partial charge on any atom is -0.379 e. The number of aryl methyl sites for hydroxylation is 1. The van der Waals surface area contributed by atoms with E-state index in [1.54, 1.807) is 12.1 Å². The number of β-amino-alcohol motifs (C(OH)–C–C–N with tert-alkyl or cyclic N) is 1. The van der Waals surface area contributed by atoms with Gasteiger partial charge in [-0.2, -0.15) is 13.2 Å². The van der Waals surface area contributed by atoms with E-state index in [1.165, 1.54) is 0 Å². The Bertz CT molecular complexity index is 515. The van der Waals surface area contributed by atoms with Crippen molar-refractivity contribution in [3.63, 3.8) is 0 Å². The lowest BCUT2D eigenvalue weighted by atomic mass is 10.0. The Morgan fingerprint density at radius 2 is 2.15 bits per heavy atom. The third kappa shape index (κ3) is 2.95. The van der Waals surface area contributed by atoms with Gasteiger partial charge in [-0.25, -0.2) is 0 Å². The number of likely N-dealkylation sites (tertiary alicyclic amines) is 1. The van der Waals surface area contributed by atoms with Crippen LogP contribution in [0.25, 0.3) is 0 Å². The van der Waals surface area contributed by atoms with Crippen LogP contribution in [0, 0.1) is 6.92 Å². The summed E-state index contributed by atoms with van der Waals surface area (Å²) in [5.41, 5.74) is -1.02. The van der Waals surface area contributed by atoms with E-state index in [0.29, 0.717) is 0 Å². The molecule has 1 aromatic rings. The molecule has 1 saturated heterocycles. The van der Waals surface area contributed by atoms with Gasteiger partial charge < -0.3 is 10.0 Å². The molecular formula is C14H16F3NO2. The van der Waals surface area contributed by atoms with Gasteiger partial charge in [0.15, 0.2) is 5.60 Å². The molecule has 0 aromatic heterocycles. The first-order chi connectivity index (χ1) is 9.21. The molecule has 0 radical (unpaired) electrons. The van der Waals surface area contributed by atoms with E-state index in [2.05, 4.69) is 0 Å². The summed E-state index contributed by atoms with van der Waals surface area (Å²) in [5, 5.41) is 9.54. The Hall–Kier alpha value is -1.56. The molecule has 1 N–H and O–H groups in total. The Kier molecular flexibility index (Phi) is 3.77. The summed E-state index contributed by atoms with van der Waals surface area (Å²) in [6, 6.07) is 7.26. The summed E-state index contributed by atoms with van der Waals surface area (Å²) < 4.78 is 38.0. The van der Waals surface area contributed by atoms with E-state index in [0.717, 1.165) is 16.0 Å². The van der Waals surface area contributed by atoms with Crippen LogP contribution in [-0.4, -0.2) is 40.8 Å². The Morgan fingerprint density at radius 1 is 1.45 bits per heavy atom. The number of hydrogen-bond acceptors (Lipinski definition) is 2. The van der Waals surface area contributed by atoms with Crippen LogP contribution in [0.5, 0.6) is 0 Å². The Morgan fingerprint density at radius 3 is 2.70 bits per heavy atom. The summed E-state index contributed by atoms with van der Waals surface area (Å²) >= 11 is 0. The number of rotatable bonds is 2. The number of hydrogen-bond donors (Lipinski definition) is 1. The van der Waals surface area contributed by atoms with E-state index in [4.69, 9.17) is 0 Å². The molecule has 1 atom stereocenters. The number of benzene rings is 1. The lowest BCUT2D eigenvalue weighted by Crippen LogP contribution is -2.48. The first kappa shape index (κ1) is 14.8. The fraction of sp³-hybridized carbons (Fsp3) is 0.500. The van der Waals surface area contributed by atoms with E-state index in [9.17, 15) is 23.1 Å². The van der Waals surface area contributed by atoms with Crippen LogP contribution in [0.2, 0.25) is 0 Å². The minimum absolute atomic E-state index is 0.0512. The number of amides is 1. The summed E-state index contributed by atoms with van der Waals surface area (Å²) in [7, 11) is 0. The van der Waals surface area contributed by atoms with Gasteiger partial charge in [0.1, 0.15) is 0 Å². The second kappa shape index (κ2) is 5.09. The zero-order valence-corrected chi connectivity index (χ0v) is 11.1. The topological polar surface area (TPSA) is 40.5 Å². The van der Waals surface area contributed by atoms with Crippen LogP contribution < -0.4 is 0 Å². The van der Waals surface area contributed by atoms with Crippen molar-refractivity contribution in [1.29, 1.82) is 0 Å². The van der Waals surface area contributed by atoms with Gasteiger partial charge in [0.25, 0.3) is 0 Å². The molecule has 0 aliphatic carbocycles. The molecule has 1 aliphatic heterocycles. The van der Waals surface area contributed by atoms with Crippen molar-refractivity contribution in [1.82, 2.24) is 4.90 Å². The molecule has 20 heavy (non-hydrogen) atoms. The molecule has 0 bridgehead atoms. The van der Waals surface area contributed by atoms with Crippen molar-refractivity contribution in [3.8, 4) is 0 Å². The highest BCUT2D eigenvalue weighted by atomic mass is 19.4. The standard InChI is InChI=1S/C14H16F3NO2/c1-10-3-2-4-11(7-10)8-12(19)18-6-5-13(20,9-18)14(15,16)17/h2-4,7,20H,5-6,8-9H2,1H3. The van der Waals surface area contributed by atoms with Crippen LogP contribution in [0.1, 0.15) is 17.5 Å². The van der Waals surface area contributed by atoms with Crippen LogP contribution >= 0.6 is 0 Å². The van der Waals surface area contributed by atoms with E-state index < -0.39 is 30.7 Å². The highest BCUT2D eigenvalue weighted by Crippen LogP contribution is 2.37. The smallest absolute Gasteiger partial charge is 0.379 e. The molecule has 2 rings (SSSR count). The molecule has 6 heteroatoms. The van der Waals surface area contributed by atoms with Crippen molar-refractivity contribution in [2.24, 2.45) is 0 Å². The third-order valence-corrected chi connectivity index (χ3v) is 3.57. The van der Waals surface area contributed by atoms with E-state index >= 15 is 0 Å². The van der Waals surface area contributed by atoms with Crippen molar-refractivity contribution in [2.75, 3.05) is 13.1 Å². The van der Waals surface area contributed by atoms with Crippen molar-refractivity contribution in [3.05, 3.63) is 35.4 Å². The molecular weight excluding hydrogens is 271 g/mol. The number of nitrogens with zero attached hydrogens (tertiary/aromatic N) is 1. The normalized spacial score (nSPS) is 23.1. The number of halogens is 3. The number of aliphatic hydroxyl groups is 1. The van der Waals surface area contributed by atoms with Crippen molar-refractivity contribution >= 4 is 5.91 Å². The Balaban J connectivity index is 2.02. The first-order valence-electron chi connectivity index (χ1n) is 6.34.